The molecule has 3 rings (SSSR count). The first-order valence-corrected chi connectivity index (χ1v) is 9.50. The SMILES string of the molecule is CC(CO)Nc1nc(SCc2cccc(Cl)c2F)nc2[nH]c(=O)sc12.O.O. The summed E-state index contributed by atoms with van der Waals surface area (Å²) in [6.07, 6.45) is 0. The standard InChI is InChI=1S/C15H14ClFN4O2S2.2H2O/c1-7(5-22)18-12-11-13(21-15(23)25-11)20-14(19-12)24-6-8-3-2-4-9(16)10(8)17;;/h2-4,7,22H,5-6H2,1H3,(H2,18,19,20,21,23);2*1H2. The monoisotopic (exact) mass is 436 g/mol. The zero-order valence-corrected chi connectivity index (χ0v) is 16.4. The Labute approximate surface area is 166 Å². The molecule has 1 atom stereocenters. The van der Waals surface area contributed by atoms with Gasteiger partial charge >= 0.3 is 4.87 Å². The number of anilines is 1. The van der Waals surface area contributed by atoms with E-state index in [4.69, 9.17) is 11.6 Å². The van der Waals surface area contributed by atoms with Crippen molar-refractivity contribution in [3.8, 4) is 0 Å². The molecule has 0 aliphatic rings. The van der Waals surface area contributed by atoms with Crippen LogP contribution in [-0.4, -0.2) is 43.7 Å². The average Bonchev–Trinajstić information content (AvgIpc) is 2.96. The third-order valence-electron chi connectivity index (χ3n) is 3.31. The first kappa shape index (κ1) is 23.3. The molecule has 0 radical (unpaired) electrons. The van der Waals surface area contributed by atoms with E-state index in [2.05, 4.69) is 20.3 Å². The van der Waals surface area contributed by atoms with Crippen LogP contribution in [0.15, 0.2) is 28.2 Å². The number of aliphatic hydroxyl groups is 1. The number of H-pyrrole nitrogens is 1. The van der Waals surface area contributed by atoms with Gasteiger partial charge in [-0.25, -0.2) is 14.4 Å². The zero-order valence-electron chi connectivity index (χ0n) is 14.0. The molecule has 1 unspecified atom stereocenters. The lowest BCUT2D eigenvalue weighted by Gasteiger charge is -2.12. The number of hydrogen-bond donors (Lipinski definition) is 3. The second-order valence-electron chi connectivity index (χ2n) is 5.28. The van der Waals surface area contributed by atoms with Crippen LogP contribution < -0.4 is 10.2 Å². The molecule has 8 nitrogen and oxygen atoms in total. The van der Waals surface area contributed by atoms with E-state index in [1.54, 1.807) is 19.1 Å². The summed E-state index contributed by atoms with van der Waals surface area (Å²) in [5.74, 6) is 0.291. The molecule has 7 N–H and O–H groups in total. The van der Waals surface area contributed by atoms with Crippen LogP contribution in [0.3, 0.4) is 0 Å². The number of aromatic nitrogens is 3. The number of nitrogens with zero attached hydrogens (tertiary/aromatic N) is 2. The normalized spacial score (nSPS) is 11.6. The zero-order chi connectivity index (χ0) is 18.0. The van der Waals surface area contributed by atoms with E-state index in [0.29, 0.717) is 32.6 Å². The van der Waals surface area contributed by atoms with Crippen molar-refractivity contribution in [3.05, 3.63) is 44.3 Å². The maximum Gasteiger partial charge on any atom is 0.306 e. The highest BCUT2D eigenvalue weighted by atomic mass is 35.5. The molecule has 148 valence electrons. The first-order chi connectivity index (χ1) is 12.0. The Morgan fingerprint density at radius 3 is 2.85 bits per heavy atom. The van der Waals surface area contributed by atoms with Crippen molar-refractivity contribution in [2.75, 3.05) is 11.9 Å². The van der Waals surface area contributed by atoms with Crippen LogP contribution in [0.25, 0.3) is 10.3 Å². The smallest absolute Gasteiger partial charge is 0.306 e. The summed E-state index contributed by atoms with van der Waals surface area (Å²) in [6, 6.07) is 4.57. The summed E-state index contributed by atoms with van der Waals surface area (Å²) in [4.78, 5) is 22.7. The molecule has 2 aromatic heterocycles. The van der Waals surface area contributed by atoms with Crippen LogP contribution in [0.2, 0.25) is 5.02 Å². The van der Waals surface area contributed by atoms with Gasteiger partial charge in [-0.15, -0.1) is 0 Å². The van der Waals surface area contributed by atoms with E-state index in [9.17, 15) is 14.3 Å². The summed E-state index contributed by atoms with van der Waals surface area (Å²) in [5, 5.41) is 12.7. The van der Waals surface area contributed by atoms with Crippen LogP contribution in [-0.2, 0) is 5.75 Å². The molecule has 2 heterocycles. The van der Waals surface area contributed by atoms with E-state index < -0.39 is 5.82 Å². The third-order valence-corrected chi connectivity index (χ3v) is 5.37. The van der Waals surface area contributed by atoms with Crippen molar-refractivity contribution in [1.82, 2.24) is 15.0 Å². The fourth-order valence-corrected chi connectivity index (χ4v) is 3.81. The Bertz CT molecular complexity index is 969. The summed E-state index contributed by atoms with van der Waals surface area (Å²) < 4.78 is 14.6. The maximum atomic E-state index is 14.0. The van der Waals surface area contributed by atoms with Crippen molar-refractivity contribution >= 4 is 50.9 Å². The van der Waals surface area contributed by atoms with Gasteiger partial charge in [0.15, 0.2) is 16.6 Å². The predicted molar refractivity (Wildman–Crippen MR) is 106 cm³/mol. The van der Waals surface area contributed by atoms with Crippen LogP contribution >= 0.6 is 34.7 Å². The van der Waals surface area contributed by atoms with E-state index >= 15 is 0 Å². The van der Waals surface area contributed by atoms with E-state index in [0.717, 1.165) is 11.3 Å². The minimum atomic E-state index is -0.464. The van der Waals surface area contributed by atoms with Gasteiger partial charge in [-0.05, 0) is 18.6 Å². The minimum absolute atomic E-state index is 0. The Kier molecular flexibility index (Phi) is 8.59. The minimum Gasteiger partial charge on any atom is -0.412 e. The number of fused-ring (bicyclic) bond motifs is 1. The quantitative estimate of drug-likeness (QED) is 0.394. The average molecular weight is 437 g/mol. The highest BCUT2D eigenvalue weighted by molar-refractivity contribution is 7.98. The molecule has 0 aliphatic heterocycles. The number of rotatable bonds is 6. The number of aliphatic hydroxyl groups excluding tert-OH is 1. The van der Waals surface area contributed by atoms with Crippen molar-refractivity contribution in [2.45, 2.75) is 23.9 Å². The number of benzene rings is 1. The Hall–Kier alpha value is -1.76. The fourth-order valence-electron chi connectivity index (χ4n) is 2.07. The highest BCUT2D eigenvalue weighted by Gasteiger charge is 2.15. The van der Waals surface area contributed by atoms with Crippen LogP contribution in [0, 0.1) is 5.82 Å². The first-order valence-electron chi connectivity index (χ1n) is 7.32. The molecule has 0 amide bonds. The van der Waals surface area contributed by atoms with Crippen molar-refractivity contribution in [2.24, 2.45) is 0 Å². The van der Waals surface area contributed by atoms with Gasteiger partial charge in [0, 0.05) is 11.8 Å². The van der Waals surface area contributed by atoms with Gasteiger partial charge in [0.05, 0.1) is 11.6 Å². The lowest BCUT2D eigenvalue weighted by atomic mass is 10.2. The molecule has 12 heteroatoms. The number of hydrogen-bond acceptors (Lipinski definition) is 7. The molecule has 27 heavy (non-hydrogen) atoms. The van der Waals surface area contributed by atoms with Gasteiger partial charge in [0.2, 0.25) is 0 Å². The van der Waals surface area contributed by atoms with Crippen LogP contribution in [0.1, 0.15) is 12.5 Å². The van der Waals surface area contributed by atoms with Gasteiger partial charge < -0.3 is 21.4 Å². The Morgan fingerprint density at radius 2 is 2.15 bits per heavy atom. The molecule has 3 aromatic rings. The number of thioether (sulfide) groups is 1. The molecular weight excluding hydrogens is 419 g/mol. The molecule has 0 saturated carbocycles. The third kappa shape index (κ3) is 5.37. The van der Waals surface area contributed by atoms with Gasteiger partial charge in [0.1, 0.15) is 10.5 Å². The molecule has 0 spiro atoms. The van der Waals surface area contributed by atoms with Crippen molar-refractivity contribution < 1.29 is 20.4 Å². The van der Waals surface area contributed by atoms with Gasteiger partial charge in [-0.3, -0.25) is 9.78 Å². The van der Waals surface area contributed by atoms with Crippen LogP contribution in [0.4, 0.5) is 10.2 Å². The maximum absolute atomic E-state index is 14.0. The Morgan fingerprint density at radius 1 is 1.41 bits per heavy atom. The molecule has 0 fully saturated rings. The highest BCUT2D eigenvalue weighted by Crippen LogP contribution is 2.29. The summed E-state index contributed by atoms with van der Waals surface area (Å²) >= 11 is 8.01. The summed E-state index contributed by atoms with van der Waals surface area (Å²) in [7, 11) is 0. The second kappa shape index (κ2) is 9.97. The molecule has 0 saturated heterocycles. The number of nitrogens with one attached hydrogen (secondary N) is 2. The molecule has 0 bridgehead atoms. The number of halogens is 2. The lowest BCUT2D eigenvalue weighted by Crippen LogP contribution is -2.20. The number of aromatic amines is 1. The summed E-state index contributed by atoms with van der Waals surface area (Å²) in [6.45, 7) is 1.71. The van der Waals surface area contributed by atoms with Crippen molar-refractivity contribution in [3.63, 3.8) is 0 Å². The topological polar surface area (TPSA) is 154 Å². The van der Waals surface area contributed by atoms with E-state index in [1.807, 2.05) is 0 Å². The van der Waals surface area contributed by atoms with Gasteiger partial charge in [0.25, 0.3) is 0 Å². The molecular formula is C15H18ClFN4O4S2. The van der Waals surface area contributed by atoms with Crippen LogP contribution in [0.5, 0.6) is 0 Å². The summed E-state index contributed by atoms with van der Waals surface area (Å²) in [5.41, 5.74) is 0.852. The second-order valence-corrected chi connectivity index (χ2v) is 7.61. The van der Waals surface area contributed by atoms with Gasteiger partial charge in [-0.2, -0.15) is 0 Å². The fraction of sp³-hybridized carbons (Fsp3) is 0.267. The molecule has 1 aromatic carbocycles. The van der Waals surface area contributed by atoms with Crippen molar-refractivity contribution in [1.29, 1.82) is 0 Å². The number of thiazole rings is 1. The van der Waals surface area contributed by atoms with E-state index in [1.165, 1.54) is 17.8 Å². The Balaban J connectivity index is 0.00000182. The van der Waals surface area contributed by atoms with Gasteiger partial charge in [-0.1, -0.05) is 46.8 Å². The largest absolute Gasteiger partial charge is 0.412 e. The predicted octanol–water partition coefficient (Wildman–Crippen LogP) is 1.61. The van der Waals surface area contributed by atoms with E-state index in [-0.39, 0.29) is 33.5 Å². The molecule has 0 aliphatic carbocycles. The lowest BCUT2D eigenvalue weighted by molar-refractivity contribution is 0.281.